The molecule has 0 saturated carbocycles. The van der Waals surface area contributed by atoms with E-state index in [1.54, 1.807) is 0 Å². The monoisotopic (exact) mass is 185 g/mol. The molecule has 1 aromatic rings. The molecule has 2 N–H and O–H groups in total. The predicted octanol–water partition coefficient (Wildman–Crippen LogP) is 2.47. The van der Waals surface area contributed by atoms with Crippen molar-refractivity contribution in [2.45, 2.75) is 19.4 Å². The van der Waals surface area contributed by atoms with E-state index in [0.29, 0.717) is 5.02 Å². The summed E-state index contributed by atoms with van der Waals surface area (Å²) >= 11 is 5.95. The predicted molar refractivity (Wildman–Crippen MR) is 49.8 cm³/mol. The van der Waals surface area contributed by atoms with Crippen LogP contribution in [-0.4, -0.2) is 0 Å². The Hall–Kier alpha value is -0.570. The van der Waals surface area contributed by atoms with Gasteiger partial charge in [0.05, 0.1) is 0 Å². The topological polar surface area (TPSA) is 35.2 Å². The Morgan fingerprint density at radius 3 is 2.42 bits per heavy atom. The second-order valence-corrected chi connectivity index (χ2v) is 3.52. The van der Waals surface area contributed by atoms with Gasteiger partial charge in [0.15, 0.2) is 0 Å². The van der Waals surface area contributed by atoms with Gasteiger partial charge in [0.1, 0.15) is 5.60 Å². The first-order chi connectivity index (χ1) is 5.58. The first-order valence-corrected chi connectivity index (χ1v) is 4.08. The maximum atomic E-state index is 5.95. The Bertz CT molecular complexity index is 273. The van der Waals surface area contributed by atoms with Crippen LogP contribution in [0.3, 0.4) is 0 Å². The molecule has 0 saturated heterocycles. The van der Waals surface area contributed by atoms with Gasteiger partial charge in [0.2, 0.25) is 0 Å². The molecule has 0 bridgehead atoms. The molecular weight excluding hydrogens is 174 g/mol. The summed E-state index contributed by atoms with van der Waals surface area (Å²) in [6.45, 7) is 3.74. The summed E-state index contributed by atoms with van der Waals surface area (Å²) in [4.78, 5) is 4.82. The van der Waals surface area contributed by atoms with Gasteiger partial charge in [0.25, 0.3) is 0 Å². The molecule has 0 aliphatic heterocycles. The Kier molecular flexibility index (Phi) is 2.73. The highest BCUT2D eigenvalue weighted by Crippen LogP contribution is 2.28. The third-order valence-electron chi connectivity index (χ3n) is 1.82. The van der Waals surface area contributed by atoms with E-state index in [0.717, 1.165) is 5.56 Å². The largest absolute Gasteiger partial charge is 0.294 e. The highest BCUT2D eigenvalue weighted by atomic mass is 35.5. The molecule has 0 radical (unpaired) electrons. The van der Waals surface area contributed by atoms with Crippen LogP contribution in [0.15, 0.2) is 24.3 Å². The zero-order valence-corrected chi connectivity index (χ0v) is 7.93. The molecule has 1 aromatic carbocycles. The summed E-state index contributed by atoms with van der Waals surface area (Å²) in [5.74, 6) is 5.15. The standard InChI is InChI=1S/C9H12ClNO/c1-9(2,12-11)7-5-3-4-6-8(7)10/h3-6H,11H2,1-2H3. The Balaban J connectivity index is 3.10. The van der Waals surface area contributed by atoms with E-state index in [1.807, 2.05) is 38.1 Å². The van der Waals surface area contributed by atoms with E-state index in [2.05, 4.69) is 0 Å². The van der Waals surface area contributed by atoms with Gasteiger partial charge in [-0.1, -0.05) is 29.8 Å². The minimum Gasteiger partial charge on any atom is -0.294 e. The van der Waals surface area contributed by atoms with Crippen molar-refractivity contribution in [2.24, 2.45) is 5.90 Å². The molecule has 0 atom stereocenters. The zero-order chi connectivity index (χ0) is 9.19. The lowest BCUT2D eigenvalue weighted by Crippen LogP contribution is -2.25. The van der Waals surface area contributed by atoms with Gasteiger partial charge in [-0.25, -0.2) is 5.90 Å². The Labute approximate surface area is 77.2 Å². The highest BCUT2D eigenvalue weighted by Gasteiger charge is 2.22. The van der Waals surface area contributed by atoms with Crippen LogP contribution in [0, 0.1) is 0 Å². The van der Waals surface area contributed by atoms with Crippen molar-refractivity contribution in [3.8, 4) is 0 Å². The quantitative estimate of drug-likeness (QED) is 0.719. The fraction of sp³-hybridized carbons (Fsp3) is 0.333. The molecular formula is C9H12ClNO. The first kappa shape index (κ1) is 9.52. The Morgan fingerprint density at radius 1 is 1.33 bits per heavy atom. The van der Waals surface area contributed by atoms with Gasteiger partial charge in [0, 0.05) is 10.6 Å². The third kappa shape index (κ3) is 1.78. The van der Waals surface area contributed by atoms with Crippen LogP contribution >= 0.6 is 11.6 Å². The number of benzene rings is 1. The highest BCUT2D eigenvalue weighted by molar-refractivity contribution is 6.31. The molecule has 1 rings (SSSR count). The molecule has 66 valence electrons. The normalized spacial score (nSPS) is 11.7. The fourth-order valence-corrected chi connectivity index (χ4v) is 1.38. The molecule has 0 amide bonds. The molecule has 0 aliphatic rings. The van der Waals surface area contributed by atoms with Gasteiger partial charge in [-0.2, -0.15) is 0 Å². The minimum atomic E-state index is -0.529. The molecule has 0 unspecified atom stereocenters. The summed E-state index contributed by atoms with van der Waals surface area (Å²) in [6.07, 6.45) is 0. The van der Waals surface area contributed by atoms with Crippen LogP contribution < -0.4 is 5.90 Å². The number of halogens is 1. The maximum absolute atomic E-state index is 5.95. The number of nitrogens with two attached hydrogens (primary N) is 1. The number of hydrogen-bond acceptors (Lipinski definition) is 2. The van der Waals surface area contributed by atoms with Crippen molar-refractivity contribution >= 4 is 11.6 Å². The molecule has 0 aliphatic carbocycles. The molecule has 0 spiro atoms. The average Bonchev–Trinajstić information content (AvgIpc) is 2.05. The molecule has 12 heavy (non-hydrogen) atoms. The van der Waals surface area contributed by atoms with E-state index in [-0.39, 0.29) is 0 Å². The van der Waals surface area contributed by atoms with Crippen molar-refractivity contribution in [2.75, 3.05) is 0 Å². The SMILES string of the molecule is CC(C)(ON)c1ccccc1Cl. The number of hydrogen-bond donors (Lipinski definition) is 1. The van der Waals surface area contributed by atoms with Gasteiger partial charge < -0.3 is 0 Å². The second kappa shape index (κ2) is 3.44. The average molecular weight is 186 g/mol. The van der Waals surface area contributed by atoms with Gasteiger partial charge in [-0.05, 0) is 19.9 Å². The van der Waals surface area contributed by atoms with Crippen molar-refractivity contribution in [3.63, 3.8) is 0 Å². The van der Waals surface area contributed by atoms with Crippen molar-refractivity contribution in [1.29, 1.82) is 0 Å². The smallest absolute Gasteiger partial charge is 0.110 e. The van der Waals surface area contributed by atoms with E-state index in [4.69, 9.17) is 22.3 Å². The Morgan fingerprint density at radius 2 is 1.92 bits per heavy atom. The van der Waals surface area contributed by atoms with E-state index >= 15 is 0 Å². The van der Waals surface area contributed by atoms with Gasteiger partial charge in [-0.15, -0.1) is 0 Å². The summed E-state index contributed by atoms with van der Waals surface area (Å²) in [7, 11) is 0. The van der Waals surface area contributed by atoms with Crippen molar-refractivity contribution in [1.82, 2.24) is 0 Å². The molecule has 0 heterocycles. The zero-order valence-electron chi connectivity index (χ0n) is 7.17. The van der Waals surface area contributed by atoms with Crippen molar-refractivity contribution < 1.29 is 4.84 Å². The van der Waals surface area contributed by atoms with Crippen LogP contribution in [0.25, 0.3) is 0 Å². The first-order valence-electron chi connectivity index (χ1n) is 3.71. The molecule has 2 nitrogen and oxygen atoms in total. The summed E-state index contributed by atoms with van der Waals surface area (Å²) < 4.78 is 0. The van der Waals surface area contributed by atoms with Crippen LogP contribution in [0.4, 0.5) is 0 Å². The lowest BCUT2D eigenvalue weighted by Gasteiger charge is -2.23. The lowest BCUT2D eigenvalue weighted by molar-refractivity contribution is -0.0235. The summed E-state index contributed by atoms with van der Waals surface area (Å²) in [5.41, 5.74) is 0.368. The summed E-state index contributed by atoms with van der Waals surface area (Å²) in [5, 5.41) is 0.674. The fourth-order valence-electron chi connectivity index (χ4n) is 1.01. The lowest BCUT2D eigenvalue weighted by atomic mass is 9.98. The van der Waals surface area contributed by atoms with Crippen LogP contribution in [0.2, 0.25) is 5.02 Å². The van der Waals surface area contributed by atoms with Crippen molar-refractivity contribution in [3.05, 3.63) is 34.9 Å². The van der Waals surface area contributed by atoms with E-state index in [9.17, 15) is 0 Å². The van der Waals surface area contributed by atoms with Crippen LogP contribution in [-0.2, 0) is 10.4 Å². The number of rotatable bonds is 2. The minimum absolute atomic E-state index is 0.529. The molecule has 0 fully saturated rings. The third-order valence-corrected chi connectivity index (χ3v) is 2.15. The van der Waals surface area contributed by atoms with E-state index < -0.39 is 5.60 Å². The maximum Gasteiger partial charge on any atom is 0.110 e. The molecule has 0 aromatic heterocycles. The van der Waals surface area contributed by atoms with E-state index in [1.165, 1.54) is 0 Å². The van der Waals surface area contributed by atoms with Crippen LogP contribution in [0.1, 0.15) is 19.4 Å². The second-order valence-electron chi connectivity index (χ2n) is 3.11. The summed E-state index contributed by atoms with van der Waals surface area (Å²) in [6, 6.07) is 7.49. The van der Waals surface area contributed by atoms with Gasteiger partial charge in [-0.3, -0.25) is 4.84 Å². The van der Waals surface area contributed by atoms with Crippen LogP contribution in [0.5, 0.6) is 0 Å². The van der Waals surface area contributed by atoms with Gasteiger partial charge >= 0.3 is 0 Å². The molecule has 3 heteroatoms.